The van der Waals surface area contributed by atoms with E-state index < -0.39 is 29.4 Å². The highest BCUT2D eigenvalue weighted by atomic mass is 19.4. The van der Waals surface area contributed by atoms with Crippen LogP contribution in [0.15, 0.2) is 16.7 Å². The minimum atomic E-state index is -4.79. The second kappa shape index (κ2) is 6.91. The van der Waals surface area contributed by atoms with Gasteiger partial charge in [-0.2, -0.15) is 13.2 Å². The Morgan fingerprint density at radius 2 is 2.10 bits per heavy atom. The van der Waals surface area contributed by atoms with Gasteiger partial charge in [0.1, 0.15) is 5.56 Å². The van der Waals surface area contributed by atoms with E-state index in [0.717, 1.165) is 6.08 Å². The highest BCUT2D eigenvalue weighted by molar-refractivity contribution is 5.96. The molecule has 0 bridgehead atoms. The number of ether oxygens (including phenoxy) is 1. The average Bonchev–Trinajstić information content (AvgIpc) is 2.79. The van der Waals surface area contributed by atoms with Crippen LogP contribution in [0.1, 0.15) is 28.2 Å². The number of hydrogen-bond donors (Lipinski definition) is 1. The lowest BCUT2D eigenvalue weighted by molar-refractivity contribution is -0.155. The molecule has 0 fully saturated rings. The van der Waals surface area contributed by atoms with Crippen LogP contribution < -0.4 is 5.32 Å². The Bertz CT molecular complexity index is 549. The maximum Gasteiger partial charge on any atom is 0.453 e. The molecule has 6 nitrogen and oxygen atoms in total. The number of alkyl halides is 3. The van der Waals surface area contributed by atoms with Crippen molar-refractivity contribution >= 4 is 11.9 Å². The first-order valence-electron chi connectivity index (χ1n) is 5.83. The molecule has 1 N–H and O–H groups in total. The van der Waals surface area contributed by atoms with Gasteiger partial charge in [0.25, 0.3) is 11.7 Å². The Balaban J connectivity index is 2.63. The molecular formula is C12H13F3N2O4. The van der Waals surface area contributed by atoms with Crippen LogP contribution in [0.3, 0.4) is 0 Å². The van der Waals surface area contributed by atoms with E-state index in [1.807, 2.05) is 0 Å². The van der Waals surface area contributed by atoms with Gasteiger partial charge >= 0.3 is 12.1 Å². The molecule has 1 amide bonds. The highest BCUT2D eigenvalue weighted by Crippen LogP contribution is 2.33. The fourth-order valence-corrected chi connectivity index (χ4v) is 1.44. The number of aromatic nitrogens is 1. The van der Waals surface area contributed by atoms with Crippen molar-refractivity contribution in [3.63, 3.8) is 0 Å². The Morgan fingerprint density at radius 1 is 1.43 bits per heavy atom. The lowest BCUT2D eigenvalue weighted by atomic mass is 10.1. The molecule has 0 aliphatic carbocycles. The maximum absolute atomic E-state index is 12.6. The van der Waals surface area contributed by atoms with Crippen molar-refractivity contribution < 1.29 is 32.0 Å². The van der Waals surface area contributed by atoms with Gasteiger partial charge in [-0.15, -0.1) is 0 Å². The summed E-state index contributed by atoms with van der Waals surface area (Å²) >= 11 is 0. The molecule has 0 aliphatic rings. The molecule has 0 saturated heterocycles. The molecule has 1 aromatic rings. The summed E-state index contributed by atoms with van der Waals surface area (Å²) in [6.45, 7) is 1.29. The van der Waals surface area contributed by atoms with Crippen LogP contribution in [0.5, 0.6) is 0 Å². The third-order valence-electron chi connectivity index (χ3n) is 2.40. The molecule has 116 valence electrons. The monoisotopic (exact) mass is 306 g/mol. The Morgan fingerprint density at radius 3 is 2.67 bits per heavy atom. The van der Waals surface area contributed by atoms with E-state index in [1.54, 1.807) is 0 Å². The lowest BCUT2D eigenvalue weighted by Crippen LogP contribution is -2.26. The molecule has 0 spiro atoms. The number of halogens is 3. The first-order chi connectivity index (χ1) is 9.77. The molecule has 1 aromatic heterocycles. The second-order valence-corrected chi connectivity index (χ2v) is 3.94. The van der Waals surface area contributed by atoms with E-state index in [1.165, 1.54) is 20.1 Å². The Labute approximate surface area is 117 Å². The molecule has 1 rings (SSSR count). The number of aryl methyl sites for hydroxylation is 1. The van der Waals surface area contributed by atoms with E-state index in [0.29, 0.717) is 0 Å². The summed E-state index contributed by atoms with van der Waals surface area (Å²) in [4.78, 5) is 22.5. The van der Waals surface area contributed by atoms with Crippen molar-refractivity contribution in [2.75, 3.05) is 13.7 Å². The summed E-state index contributed by atoms with van der Waals surface area (Å²) < 4.78 is 46.3. The van der Waals surface area contributed by atoms with Gasteiger partial charge < -0.3 is 14.6 Å². The minimum Gasteiger partial charge on any atom is -0.466 e. The molecule has 0 aliphatic heterocycles. The van der Waals surface area contributed by atoms with E-state index in [4.69, 9.17) is 0 Å². The summed E-state index contributed by atoms with van der Waals surface area (Å²) in [7, 11) is 1.21. The van der Waals surface area contributed by atoms with Crippen molar-refractivity contribution in [3.05, 3.63) is 29.2 Å². The quantitative estimate of drug-likeness (QED) is 0.510. The van der Waals surface area contributed by atoms with Crippen LogP contribution >= 0.6 is 0 Å². The maximum atomic E-state index is 12.6. The van der Waals surface area contributed by atoms with Gasteiger partial charge in [-0.3, -0.25) is 4.79 Å². The fourth-order valence-electron chi connectivity index (χ4n) is 1.44. The summed E-state index contributed by atoms with van der Waals surface area (Å²) in [5.74, 6) is -2.93. The van der Waals surface area contributed by atoms with Gasteiger partial charge in [-0.05, 0) is 13.3 Å². The number of esters is 1. The minimum absolute atomic E-state index is 0.0498. The van der Waals surface area contributed by atoms with Gasteiger partial charge in [0, 0.05) is 12.6 Å². The van der Waals surface area contributed by atoms with Crippen molar-refractivity contribution in [2.45, 2.75) is 19.5 Å². The number of hydrogen-bond acceptors (Lipinski definition) is 5. The van der Waals surface area contributed by atoms with Crippen LogP contribution in [-0.4, -0.2) is 30.7 Å². The molecule has 0 unspecified atom stereocenters. The van der Waals surface area contributed by atoms with Gasteiger partial charge in [0.2, 0.25) is 0 Å². The summed E-state index contributed by atoms with van der Waals surface area (Å²) in [5.41, 5.74) is -0.788. The predicted octanol–water partition coefficient (Wildman–Crippen LogP) is 1.85. The molecule has 1 heterocycles. The number of nitrogens with one attached hydrogen (secondary N) is 1. The van der Waals surface area contributed by atoms with Crippen molar-refractivity contribution in [1.82, 2.24) is 10.5 Å². The second-order valence-electron chi connectivity index (χ2n) is 3.94. The van der Waals surface area contributed by atoms with Gasteiger partial charge in [0.05, 0.1) is 12.8 Å². The molecule has 0 atom stereocenters. The zero-order chi connectivity index (χ0) is 16.0. The van der Waals surface area contributed by atoms with Gasteiger partial charge in [-0.25, -0.2) is 4.79 Å². The molecular weight excluding hydrogens is 293 g/mol. The van der Waals surface area contributed by atoms with E-state index >= 15 is 0 Å². The third kappa shape index (κ3) is 4.62. The largest absolute Gasteiger partial charge is 0.466 e. The fraction of sp³-hybridized carbons (Fsp3) is 0.417. The first kappa shape index (κ1) is 16.7. The normalized spacial score (nSPS) is 11.7. The van der Waals surface area contributed by atoms with Gasteiger partial charge in [-0.1, -0.05) is 11.2 Å². The number of rotatable bonds is 5. The lowest BCUT2D eigenvalue weighted by Gasteiger charge is -2.06. The zero-order valence-corrected chi connectivity index (χ0v) is 11.3. The molecule has 9 heteroatoms. The number of nitrogens with zero attached hydrogens (tertiary/aromatic N) is 1. The van der Waals surface area contributed by atoms with E-state index in [-0.39, 0.29) is 18.7 Å². The third-order valence-corrected chi connectivity index (χ3v) is 2.40. The first-order valence-corrected chi connectivity index (χ1v) is 5.83. The Kier molecular flexibility index (Phi) is 5.51. The average molecular weight is 306 g/mol. The highest BCUT2D eigenvalue weighted by Gasteiger charge is 2.41. The summed E-state index contributed by atoms with van der Waals surface area (Å²) in [6, 6.07) is 0. The van der Waals surface area contributed by atoms with Crippen LogP contribution in [0.4, 0.5) is 13.2 Å². The Hall–Kier alpha value is -2.32. The van der Waals surface area contributed by atoms with Gasteiger partial charge in [0.15, 0.2) is 0 Å². The molecule has 0 radical (unpaired) electrons. The number of methoxy groups -OCH3 is 1. The topological polar surface area (TPSA) is 81.4 Å². The number of carbonyl (C=O) groups is 2. The van der Waals surface area contributed by atoms with Crippen LogP contribution in [0.2, 0.25) is 0 Å². The van der Waals surface area contributed by atoms with E-state index in [2.05, 4.69) is 19.7 Å². The van der Waals surface area contributed by atoms with Crippen LogP contribution in [-0.2, 0) is 15.7 Å². The summed E-state index contributed by atoms with van der Waals surface area (Å²) in [5, 5.41) is 5.44. The molecule has 0 aromatic carbocycles. The van der Waals surface area contributed by atoms with Crippen molar-refractivity contribution in [3.8, 4) is 0 Å². The van der Waals surface area contributed by atoms with Crippen molar-refractivity contribution in [2.24, 2.45) is 0 Å². The molecule has 21 heavy (non-hydrogen) atoms. The van der Waals surface area contributed by atoms with Crippen LogP contribution in [0, 0.1) is 6.92 Å². The SMILES string of the molecule is COC(=O)/C=C/CCNC(=O)c1c(C)noc1C(F)(F)F. The number of amides is 1. The van der Waals surface area contributed by atoms with E-state index in [9.17, 15) is 22.8 Å². The zero-order valence-electron chi connectivity index (χ0n) is 11.3. The smallest absolute Gasteiger partial charge is 0.453 e. The predicted molar refractivity (Wildman–Crippen MR) is 64.3 cm³/mol. The number of carbonyl (C=O) groups excluding carboxylic acids is 2. The van der Waals surface area contributed by atoms with Crippen molar-refractivity contribution in [1.29, 1.82) is 0 Å². The standard InChI is InChI=1S/C12H13F3N2O4/c1-7-9(10(21-17-7)12(13,14)15)11(19)16-6-4-3-5-8(18)20-2/h3,5H,4,6H2,1-2H3,(H,16,19)/b5-3+. The van der Waals surface area contributed by atoms with Crippen LogP contribution in [0.25, 0.3) is 0 Å². The molecule has 0 saturated carbocycles. The summed E-state index contributed by atoms with van der Waals surface area (Å²) in [6.07, 6.45) is -1.96.